The van der Waals surface area contributed by atoms with Crippen molar-refractivity contribution in [1.29, 1.82) is 0 Å². The van der Waals surface area contributed by atoms with Gasteiger partial charge in [-0.15, -0.1) is 0 Å². The van der Waals surface area contributed by atoms with E-state index in [1.807, 2.05) is 13.0 Å². The van der Waals surface area contributed by atoms with Crippen molar-refractivity contribution in [2.75, 3.05) is 5.75 Å². The van der Waals surface area contributed by atoms with Gasteiger partial charge in [-0.3, -0.25) is 9.36 Å². The Morgan fingerprint density at radius 3 is 2.81 bits per heavy atom. The quantitative estimate of drug-likeness (QED) is 0.828. The molecule has 0 fully saturated rings. The van der Waals surface area contributed by atoms with Gasteiger partial charge in [-0.2, -0.15) is 0 Å². The number of hydrogen-bond acceptors (Lipinski definition) is 4. The topological polar surface area (TPSA) is 68.0 Å². The highest BCUT2D eigenvalue weighted by Gasteiger charge is 2.27. The molecule has 0 bridgehead atoms. The summed E-state index contributed by atoms with van der Waals surface area (Å²) in [6.45, 7) is 8.43. The average Bonchev–Trinajstić information content (AvgIpc) is 2.77. The molecule has 5 nitrogen and oxygen atoms in total. The van der Waals surface area contributed by atoms with Gasteiger partial charge in [0, 0.05) is 11.7 Å². The monoisotopic (exact) mass is 307 g/mol. The van der Waals surface area contributed by atoms with Crippen molar-refractivity contribution in [1.82, 2.24) is 14.5 Å². The molecule has 0 radical (unpaired) electrons. The normalized spacial score (nSPS) is 12.0. The fourth-order valence-electron chi connectivity index (χ4n) is 2.57. The lowest BCUT2D eigenvalue weighted by atomic mass is 9.99. The summed E-state index contributed by atoms with van der Waals surface area (Å²) < 4.78 is 2.09. The van der Waals surface area contributed by atoms with Crippen molar-refractivity contribution < 1.29 is 9.90 Å². The molecular formula is C15H21N3O2S. The van der Waals surface area contributed by atoms with Gasteiger partial charge in [0.25, 0.3) is 0 Å². The summed E-state index contributed by atoms with van der Waals surface area (Å²) in [5.74, 6) is -0.832. The highest BCUT2D eigenvalue weighted by molar-refractivity contribution is 7.99. The fraction of sp³-hybridized carbons (Fsp3) is 0.533. The van der Waals surface area contributed by atoms with Gasteiger partial charge in [0.2, 0.25) is 0 Å². The second-order valence-electron chi connectivity index (χ2n) is 5.77. The van der Waals surface area contributed by atoms with Crippen LogP contribution in [-0.4, -0.2) is 31.4 Å². The number of hydrogen-bond donors (Lipinski definition) is 1. The van der Waals surface area contributed by atoms with E-state index in [4.69, 9.17) is 5.11 Å². The summed E-state index contributed by atoms with van der Waals surface area (Å²) in [5.41, 5.74) is 2.60. The van der Waals surface area contributed by atoms with Crippen molar-refractivity contribution in [3.8, 4) is 0 Å². The average molecular weight is 307 g/mol. The first-order chi connectivity index (χ1) is 9.86. The van der Waals surface area contributed by atoms with Crippen LogP contribution in [-0.2, 0) is 10.3 Å². The molecule has 2 aromatic rings. The maximum Gasteiger partial charge on any atom is 0.313 e. The summed E-state index contributed by atoms with van der Waals surface area (Å²) in [6.07, 6.45) is 3.81. The summed E-state index contributed by atoms with van der Waals surface area (Å²) in [5, 5.41) is 9.66. The summed E-state index contributed by atoms with van der Waals surface area (Å²) in [7, 11) is 0. The summed E-state index contributed by atoms with van der Waals surface area (Å²) in [4.78, 5) is 20.0. The van der Waals surface area contributed by atoms with Gasteiger partial charge in [0.05, 0.1) is 5.75 Å². The minimum absolute atomic E-state index is 0.00454. The molecule has 0 aliphatic carbocycles. The SMILES string of the molecule is CCCC(C)(C)n1c(SCC(=O)O)nc2c(C)ccnc21. The zero-order valence-corrected chi connectivity index (χ0v) is 13.7. The number of fused-ring (bicyclic) bond motifs is 1. The van der Waals surface area contributed by atoms with E-state index in [9.17, 15) is 4.79 Å². The number of carboxylic acids is 1. The van der Waals surface area contributed by atoms with Crippen LogP contribution in [0.15, 0.2) is 17.4 Å². The molecule has 0 saturated carbocycles. The molecule has 1 N–H and O–H groups in total. The summed E-state index contributed by atoms with van der Waals surface area (Å²) in [6, 6.07) is 1.93. The van der Waals surface area contributed by atoms with E-state index in [1.165, 1.54) is 11.8 Å². The van der Waals surface area contributed by atoms with E-state index in [-0.39, 0.29) is 11.3 Å². The van der Waals surface area contributed by atoms with Gasteiger partial charge < -0.3 is 5.11 Å². The molecular weight excluding hydrogens is 286 g/mol. The third-order valence-electron chi connectivity index (χ3n) is 3.51. The molecule has 0 amide bonds. The molecule has 0 saturated heterocycles. The number of imidazole rings is 1. The Morgan fingerprint density at radius 1 is 1.48 bits per heavy atom. The molecule has 21 heavy (non-hydrogen) atoms. The van der Waals surface area contributed by atoms with Crippen LogP contribution in [0.25, 0.3) is 11.2 Å². The summed E-state index contributed by atoms with van der Waals surface area (Å²) >= 11 is 1.25. The minimum atomic E-state index is -0.836. The molecule has 6 heteroatoms. The lowest BCUT2D eigenvalue weighted by Gasteiger charge is -2.28. The van der Waals surface area contributed by atoms with Crippen molar-refractivity contribution in [2.24, 2.45) is 0 Å². The Hall–Kier alpha value is -1.56. The molecule has 0 spiro atoms. The Bertz CT molecular complexity index is 664. The van der Waals surface area contributed by atoms with Crippen molar-refractivity contribution in [3.63, 3.8) is 0 Å². The number of carboxylic acid groups (broad SMARTS) is 1. The lowest BCUT2D eigenvalue weighted by molar-refractivity contribution is -0.133. The van der Waals surface area contributed by atoms with Gasteiger partial charge in [-0.25, -0.2) is 9.97 Å². The molecule has 2 heterocycles. The van der Waals surface area contributed by atoms with Gasteiger partial charge in [0.1, 0.15) is 5.52 Å². The van der Waals surface area contributed by atoms with Crippen LogP contribution in [0.2, 0.25) is 0 Å². The van der Waals surface area contributed by atoms with E-state index in [0.717, 1.165) is 34.7 Å². The molecule has 0 aromatic carbocycles. The Labute approximate surface area is 128 Å². The van der Waals surface area contributed by atoms with E-state index in [0.29, 0.717) is 0 Å². The Balaban J connectivity index is 2.60. The van der Waals surface area contributed by atoms with Gasteiger partial charge >= 0.3 is 5.97 Å². The molecule has 114 valence electrons. The second-order valence-corrected chi connectivity index (χ2v) is 6.72. The Morgan fingerprint density at radius 2 is 2.19 bits per heavy atom. The predicted octanol–water partition coefficient (Wildman–Crippen LogP) is 3.45. The van der Waals surface area contributed by atoms with Crippen molar-refractivity contribution in [3.05, 3.63) is 17.8 Å². The van der Waals surface area contributed by atoms with E-state index in [1.54, 1.807) is 6.20 Å². The first kappa shape index (κ1) is 15.8. The largest absolute Gasteiger partial charge is 0.481 e. The Kier molecular flexibility index (Phi) is 4.56. The zero-order chi connectivity index (χ0) is 15.6. The molecule has 0 aliphatic rings. The number of pyridine rings is 1. The minimum Gasteiger partial charge on any atom is -0.481 e. The number of thioether (sulfide) groups is 1. The van der Waals surface area contributed by atoms with Crippen LogP contribution >= 0.6 is 11.8 Å². The van der Waals surface area contributed by atoms with Crippen molar-refractivity contribution in [2.45, 2.75) is 51.2 Å². The highest BCUT2D eigenvalue weighted by atomic mass is 32.2. The number of nitrogens with zero attached hydrogens (tertiary/aromatic N) is 3. The second kappa shape index (κ2) is 6.05. The van der Waals surface area contributed by atoms with Crippen LogP contribution in [0.1, 0.15) is 39.2 Å². The third-order valence-corrected chi connectivity index (χ3v) is 4.43. The van der Waals surface area contributed by atoms with E-state index in [2.05, 4.69) is 35.3 Å². The third kappa shape index (κ3) is 3.20. The molecule has 0 aliphatic heterocycles. The lowest BCUT2D eigenvalue weighted by Crippen LogP contribution is -2.27. The smallest absolute Gasteiger partial charge is 0.313 e. The van der Waals surface area contributed by atoms with Crippen LogP contribution in [0.5, 0.6) is 0 Å². The number of aryl methyl sites for hydroxylation is 1. The fourth-order valence-corrected chi connectivity index (χ4v) is 3.44. The first-order valence-corrected chi connectivity index (χ1v) is 8.04. The molecule has 2 aromatic heterocycles. The van der Waals surface area contributed by atoms with Crippen LogP contribution in [0, 0.1) is 6.92 Å². The van der Waals surface area contributed by atoms with E-state index < -0.39 is 5.97 Å². The predicted molar refractivity (Wildman–Crippen MR) is 84.9 cm³/mol. The maximum atomic E-state index is 10.9. The molecule has 0 atom stereocenters. The number of carbonyl (C=O) groups is 1. The molecule has 2 rings (SSSR count). The first-order valence-electron chi connectivity index (χ1n) is 7.06. The molecule has 0 unspecified atom stereocenters. The number of aromatic nitrogens is 3. The van der Waals surface area contributed by atoms with Crippen LogP contribution in [0.3, 0.4) is 0 Å². The van der Waals surface area contributed by atoms with Crippen LogP contribution < -0.4 is 0 Å². The van der Waals surface area contributed by atoms with E-state index >= 15 is 0 Å². The van der Waals surface area contributed by atoms with Gasteiger partial charge in [-0.1, -0.05) is 25.1 Å². The number of aliphatic carboxylic acids is 1. The standard InChI is InChI=1S/C15H21N3O2S/c1-5-7-15(3,4)18-13-12(10(2)6-8-16-13)17-14(18)21-9-11(19)20/h6,8H,5,7,9H2,1-4H3,(H,19,20). The highest BCUT2D eigenvalue weighted by Crippen LogP contribution is 2.33. The zero-order valence-electron chi connectivity index (χ0n) is 12.9. The maximum absolute atomic E-state index is 10.9. The van der Waals surface area contributed by atoms with Crippen molar-refractivity contribution >= 4 is 28.9 Å². The number of rotatable bonds is 6. The van der Waals surface area contributed by atoms with Gasteiger partial charge in [-0.05, 0) is 38.8 Å². The van der Waals surface area contributed by atoms with Crippen LogP contribution in [0.4, 0.5) is 0 Å². The van der Waals surface area contributed by atoms with Gasteiger partial charge in [0.15, 0.2) is 10.8 Å².